The van der Waals surface area contributed by atoms with Gasteiger partial charge in [0.1, 0.15) is 12.6 Å². The molecule has 0 heterocycles. The number of nitrogens with one attached hydrogen (secondary N) is 1. The quantitative estimate of drug-likeness (QED) is 0.204. The molecule has 0 fully saturated rings. The van der Waals surface area contributed by atoms with E-state index in [4.69, 9.17) is 0 Å². The third-order valence-corrected chi connectivity index (χ3v) is 9.21. The standard InChI is InChI=1S/C36H41N3O4S/c1-5-29-20-22-32(23-21-29)39(44(42,43)33-14-10-7-11-15-33)26-35(40)38(25-31-18-16-28(4)17-19-31)34(36(41)37-27(2)3)24-30-12-8-6-9-13-30/h6-23,27,34H,5,24-26H2,1-4H3,(H,37,41). The van der Waals surface area contributed by atoms with Crippen molar-refractivity contribution in [1.29, 1.82) is 0 Å². The molecule has 0 bridgehead atoms. The van der Waals surface area contributed by atoms with Crippen LogP contribution in [-0.2, 0) is 39.0 Å². The highest BCUT2D eigenvalue weighted by Gasteiger charge is 2.34. The predicted octanol–water partition coefficient (Wildman–Crippen LogP) is 5.92. The zero-order valence-electron chi connectivity index (χ0n) is 25.8. The molecule has 4 rings (SSSR count). The second-order valence-corrected chi connectivity index (χ2v) is 13.1. The molecule has 0 spiro atoms. The molecular weight excluding hydrogens is 570 g/mol. The number of rotatable bonds is 13. The molecule has 0 radical (unpaired) electrons. The minimum atomic E-state index is -4.12. The fourth-order valence-electron chi connectivity index (χ4n) is 4.97. The molecule has 1 N–H and O–H groups in total. The van der Waals surface area contributed by atoms with Crippen molar-refractivity contribution >= 4 is 27.5 Å². The van der Waals surface area contributed by atoms with Gasteiger partial charge in [-0.25, -0.2) is 8.42 Å². The van der Waals surface area contributed by atoms with Crippen molar-refractivity contribution in [3.05, 3.63) is 131 Å². The highest BCUT2D eigenvalue weighted by atomic mass is 32.2. The molecule has 44 heavy (non-hydrogen) atoms. The number of sulfonamides is 1. The molecule has 1 atom stereocenters. The van der Waals surface area contributed by atoms with Crippen molar-refractivity contribution < 1.29 is 18.0 Å². The number of hydrogen-bond donors (Lipinski definition) is 1. The SMILES string of the molecule is CCc1ccc(N(CC(=O)N(Cc2ccc(C)cc2)C(Cc2ccccc2)C(=O)NC(C)C)S(=O)(=O)c2ccccc2)cc1. The molecule has 7 nitrogen and oxygen atoms in total. The van der Waals surface area contributed by atoms with Crippen molar-refractivity contribution in [2.75, 3.05) is 10.8 Å². The second-order valence-electron chi connectivity index (χ2n) is 11.2. The lowest BCUT2D eigenvalue weighted by Crippen LogP contribution is -2.54. The van der Waals surface area contributed by atoms with E-state index in [1.165, 1.54) is 17.0 Å². The highest BCUT2D eigenvalue weighted by Crippen LogP contribution is 2.26. The van der Waals surface area contributed by atoms with Crippen molar-refractivity contribution in [2.45, 2.75) is 64.1 Å². The molecule has 0 aliphatic heterocycles. The van der Waals surface area contributed by atoms with E-state index in [-0.39, 0.29) is 29.8 Å². The lowest BCUT2D eigenvalue weighted by Gasteiger charge is -2.34. The van der Waals surface area contributed by atoms with Crippen LogP contribution in [0.25, 0.3) is 0 Å². The maximum atomic E-state index is 14.5. The Labute approximate surface area is 261 Å². The average Bonchev–Trinajstić information content (AvgIpc) is 3.03. The van der Waals surface area contributed by atoms with Gasteiger partial charge in [0, 0.05) is 19.0 Å². The van der Waals surface area contributed by atoms with E-state index in [9.17, 15) is 18.0 Å². The molecule has 0 aliphatic carbocycles. The average molecular weight is 612 g/mol. The van der Waals surface area contributed by atoms with Gasteiger partial charge in [0.25, 0.3) is 10.0 Å². The summed E-state index contributed by atoms with van der Waals surface area (Å²) in [4.78, 5) is 29.8. The van der Waals surface area contributed by atoms with Crippen LogP contribution >= 0.6 is 0 Å². The van der Waals surface area contributed by atoms with Crippen molar-refractivity contribution in [2.24, 2.45) is 0 Å². The topological polar surface area (TPSA) is 86.8 Å². The highest BCUT2D eigenvalue weighted by molar-refractivity contribution is 7.92. The predicted molar refractivity (Wildman–Crippen MR) is 176 cm³/mol. The smallest absolute Gasteiger partial charge is 0.264 e. The first-order valence-electron chi connectivity index (χ1n) is 14.9. The molecule has 0 aromatic heterocycles. The summed E-state index contributed by atoms with van der Waals surface area (Å²) in [5.74, 6) is -0.779. The fraction of sp³-hybridized carbons (Fsp3) is 0.278. The number of carbonyl (C=O) groups excluding carboxylic acids is 2. The Kier molecular flexibility index (Phi) is 11.0. The van der Waals surface area contributed by atoms with Crippen LogP contribution in [0.15, 0.2) is 114 Å². The summed E-state index contributed by atoms with van der Waals surface area (Å²) in [5.41, 5.74) is 4.22. The Morgan fingerprint density at radius 1 is 0.750 bits per heavy atom. The normalized spacial score (nSPS) is 12.0. The largest absolute Gasteiger partial charge is 0.352 e. The Hall–Kier alpha value is -4.43. The van der Waals surface area contributed by atoms with Gasteiger partial charge in [-0.05, 0) is 68.1 Å². The minimum absolute atomic E-state index is 0.0795. The van der Waals surface area contributed by atoms with Gasteiger partial charge in [-0.1, -0.05) is 97.4 Å². The van der Waals surface area contributed by atoms with E-state index in [1.807, 2.05) is 94.4 Å². The summed E-state index contributed by atoms with van der Waals surface area (Å²) in [5, 5.41) is 2.98. The molecule has 8 heteroatoms. The molecule has 0 saturated carbocycles. The van der Waals surface area contributed by atoms with Crippen LogP contribution in [0.4, 0.5) is 5.69 Å². The van der Waals surface area contributed by atoms with Crippen molar-refractivity contribution in [3.8, 4) is 0 Å². The zero-order valence-corrected chi connectivity index (χ0v) is 26.6. The lowest BCUT2D eigenvalue weighted by molar-refractivity contribution is -0.140. The number of amides is 2. The molecule has 0 saturated heterocycles. The summed E-state index contributed by atoms with van der Waals surface area (Å²) in [6.45, 7) is 7.41. The van der Waals surface area contributed by atoms with Crippen LogP contribution in [0.3, 0.4) is 0 Å². The Balaban J connectivity index is 1.79. The minimum Gasteiger partial charge on any atom is -0.352 e. The van der Waals surface area contributed by atoms with Crippen LogP contribution < -0.4 is 9.62 Å². The Morgan fingerprint density at radius 3 is 1.89 bits per heavy atom. The summed E-state index contributed by atoms with van der Waals surface area (Å²) in [6.07, 6.45) is 1.06. The van der Waals surface area contributed by atoms with E-state index in [1.54, 1.807) is 30.3 Å². The maximum Gasteiger partial charge on any atom is 0.264 e. The third kappa shape index (κ3) is 8.35. The van der Waals surface area contributed by atoms with Gasteiger partial charge < -0.3 is 10.2 Å². The van der Waals surface area contributed by atoms with Gasteiger partial charge in [-0.2, -0.15) is 0 Å². The molecule has 4 aromatic rings. The van der Waals surface area contributed by atoms with Crippen LogP contribution in [0.1, 0.15) is 43.0 Å². The van der Waals surface area contributed by atoms with Gasteiger partial charge in [0.15, 0.2) is 0 Å². The number of anilines is 1. The lowest BCUT2D eigenvalue weighted by atomic mass is 10.0. The number of benzene rings is 4. The summed E-state index contributed by atoms with van der Waals surface area (Å²) < 4.78 is 29.3. The second kappa shape index (κ2) is 14.8. The molecular formula is C36H41N3O4S. The number of aryl methyl sites for hydroxylation is 2. The first-order valence-corrected chi connectivity index (χ1v) is 16.4. The molecule has 1 unspecified atom stereocenters. The zero-order chi connectivity index (χ0) is 31.7. The van der Waals surface area contributed by atoms with Crippen molar-refractivity contribution in [3.63, 3.8) is 0 Å². The van der Waals surface area contributed by atoms with Gasteiger partial charge in [0.2, 0.25) is 11.8 Å². The first kappa shape index (κ1) is 32.5. The molecule has 4 aromatic carbocycles. The Morgan fingerprint density at radius 2 is 1.32 bits per heavy atom. The summed E-state index contributed by atoms with van der Waals surface area (Å²) >= 11 is 0. The van der Waals surface area contributed by atoms with E-state index >= 15 is 0 Å². The van der Waals surface area contributed by atoms with E-state index in [2.05, 4.69) is 5.32 Å². The van der Waals surface area contributed by atoms with Gasteiger partial charge >= 0.3 is 0 Å². The number of hydrogen-bond acceptors (Lipinski definition) is 4. The fourth-order valence-corrected chi connectivity index (χ4v) is 6.41. The summed E-state index contributed by atoms with van der Waals surface area (Å²) in [7, 11) is -4.12. The first-order chi connectivity index (χ1) is 21.1. The number of nitrogens with zero attached hydrogens (tertiary/aromatic N) is 2. The molecule has 0 aliphatic rings. The van der Waals surface area contributed by atoms with E-state index in [0.717, 1.165) is 33.0 Å². The molecule has 2 amide bonds. The monoisotopic (exact) mass is 611 g/mol. The Bertz CT molecular complexity index is 1620. The van der Waals surface area contributed by atoms with Gasteiger partial charge in [-0.3, -0.25) is 13.9 Å². The van der Waals surface area contributed by atoms with Gasteiger partial charge in [-0.15, -0.1) is 0 Å². The van der Waals surface area contributed by atoms with Crippen LogP contribution in [0.5, 0.6) is 0 Å². The van der Waals surface area contributed by atoms with E-state index < -0.39 is 28.5 Å². The van der Waals surface area contributed by atoms with E-state index in [0.29, 0.717) is 5.69 Å². The van der Waals surface area contributed by atoms with Gasteiger partial charge in [0.05, 0.1) is 10.6 Å². The maximum absolute atomic E-state index is 14.5. The summed E-state index contributed by atoms with van der Waals surface area (Å²) in [6, 6.07) is 31.6. The van der Waals surface area contributed by atoms with Crippen molar-refractivity contribution in [1.82, 2.24) is 10.2 Å². The number of carbonyl (C=O) groups is 2. The van der Waals surface area contributed by atoms with Crippen LogP contribution in [0.2, 0.25) is 0 Å². The third-order valence-electron chi connectivity index (χ3n) is 7.42. The molecule has 230 valence electrons. The van der Waals surface area contributed by atoms with Crippen LogP contribution in [0, 0.1) is 6.92 Å². The van der Waals surface area contributed by atoms with Crippen LogP contribution in [-0.4, -0.2) is 43.8 Å².